The minimum atomic E-state index is -0.556. The van der Waals surface area contributed by atoms with E-state index in [1.54, 1.807) is 32.9 Å². The second-order valence-electron chi connectivity index (χ2n) is 5.90. The number of rotatable bonds is 2. The molecule has 0 saturated heterocycles. The highest BCUT2D eigenvalue weighted by Crippen LogP contribution is 2.23. The lowest BCUT2D eigenvalue weighted by Gasteiger charge is -2.29. The maximum absolute atomic E-state index is 12.3. The number of phenolic OH excluding ortho intramolecular Hbond substituents is 1. The third kappa shape index (κ3) is 3.29. The highest BCUT2D eigenvalue weighted by Gasteiger charge is 2.27. The van der Waals surface area contributed by atoms with Gasteiger partial charge in [-0.1, -0.05) is 0 Å². The van der Waals surface area contributed by atoms with Gasteiger partial charge >= 0.3 is 5.97 Å². The number of carbonyl (C=O) groups excluding carboxylic acids is 2. The van der Waals surface area contributed by atoms with Crippen LogP contribution in [-0.4, -0.2) is 40.6 Å². The summed E-state index contributed by atoms with van der Waals surface area (Å²) in [6.07, 6.45) is 0.623. The molecule has 1 heterocycles. The quantitative estimate of drug-likeness (QED) is 0.836. The highest BCUT2D eigenvalue weighted by atomic mass is 16.6. The van der Waals surface area contributed by atoms with Gasteiger partial charge in [0.15, 0.2) is 0 Å². The van der Waals surface area contributed by atoms with Crippen molar-refractivity contribution >= 4 is 11.9 Å². The monoisotopic (exact) mass is 277 g/mol. The molecular weight excluding hydrogens is 258 g/mol. The largest absolute Gasteiger partial charge is 0.508 e. The van der Waals surface area contributed by atoms with Gasteiger partial charge in [-0.3, -0.25) is 9.59 Å². The standard InChI is InChI=1S/C15H19NO4/c1-15(2,3)20-13(18)9-16-7-6-10-8-11(17)4-5-12(10)14(16)19/h4-5,8,17H,6-7,9H2,1-3H3. The van der Waals surface area contributed by atoms with Crippen LogP contribution in [0.25, 0.3) is 0 Å². The Morgan fingerprint density at radius 1 is 1.40 bits per heavy atom. The lowest BCUT2D eigenvalue weighted by molar-refractivity contribution is -0.155. The van der Waals surface area contributed by atoms with Crippen molar-refractivity contribution in [3.05, 3.63) is 29.3 Å². The number of phenols is 1. The Bertz CT molecular complexity index is 545. The number of hydrogen-bond acceptors (Lipinski definition) is 4. The molecule has 1 amide bonds. The summed E-state index contributed by atoms with van der Waals surface area (Å²) in [7, 11) is 0. The average Bonchev–Trinajstić information content (AvgIpc) is 2.30. The molecule has 1 aromatic rings. The number of carbonyl (C=O) groups is 2. The Balaban J connectivity index is 2.08. The number of benzene rings is 1. The van der Waals surface area contributed by atoms with Crippen LogP contribution in [0.4, 0.5) is 0 Å². The lowest BCUT2D eigenvalue weighted by atomic mass is 9.99. The van der Waals surface area contributed by atoms with E-state index in [9.17, 15) is 14.7 Å². The summed E-state index contributed by atoms with van der Waals surface area (Å²) in [5.41, 5.74) is 0.799. The smallest absolute Gasteiger partial charge is 0.326 e. The molecule has 5 heteroatoms. The fraction of sp³-hybridized carbons (Fsp3) is 0.467. The van der Waals surface area contributed by atoms with Crippen LogP contribution < -0.4 is 0 Å². The van der Waals surface area contributed by atoms with Crippen LogP contribution >= 0.6 is 0 Å². The number of esters is 1. The van der Waals surface area contributed by atoms with Gasteiger partial charge in [0.25, 0.3) is 5.91 Å². The van der Waals surface area contributed by atoms with Gasteiger partial charge in [-0.25, -0.2) is 0 Å². The third-order valence-electron chi connectivity index (χ3n) is 3.00. The van der Waals surface area contributed by atoms with Crippen LogP contribution in [-0.2, 0) is 16.0 Å². The number of nitrogens with zero attached hydrogens (tertiary/aromatic N) is 1. The Kier molecular flexibility index (Phi) is 3.70. The van der Waals surface area contributed by atoms with Gasteiger partial charge in [0.05, 0.1) is 0 Å². The Morgan fingerprint density at radius 3 is 2.75 bits per heavy atom. The van der Waals surface area contributed by atoms with Gasteiger partial charge in [-0.05, 0) is 51.0 Å². The minimum absolute atomic E-state index is 0.0452. The van der Waals surface area contributed by atoms with E-state index < -0.39 is 11.6 Å². The molecule has 5 nitrogen and oxygen atoms in total. The summed E-state index contributed by atoms with van der Waals surface area (Å²) in [6, 6.07) is 4.67. The predicted octanol–water partition coefficient (Wildman–Crippen LogP) is 1.73. The van der Waals surface area contributed by atoms with Crippen molar-refractivity contribution in [3.63, 3.8) is 0 Å². The molecule has 1 N–H and O–H groups in total. The summed E-state index contributed by atoms with van der Waals surface area (Å²) in [4.78, 5) is 25.5. The maximum atomic E-state index is 12.3. The molecule has 2 rings (SSSR count). The van der Waals surface area contributed by atoms with Gasteiger partial charge in [0.2, 0.25) is 0 Å². The van der Waals surface area contributed by atoms with Crippen LogP contribution in [0.1, 0.15) is 36.7 Å². The van der Waals surface area contributed by atoms with Crippen LogP contribution in [0.15, 0.2) is 18.2 Å². The molecule has 0 aromatic heterocycles. The van der Waals surface area contributed by atoms with Gasteiger partial charge in [-0.2, -0.15) is 0 Å². The first-order valence-corrected chi connectivity index (χ1v) is 6.59. The average molecular weight is 277 g/mol. The van der Waals surface area contributed by atoms with Crippen LogP contribution in [0, 0.1) is 0 Å². The van der Waals surface area contributed by atoms with Gasteiger partial charge in [-0.15, -0.1) is 0 Å². The topological polar surface area (TPSA) is 66.8 Å². The van der Waals surface area contributed by atoms with Crippen molar-refractivity contribution in [3.8, 4) is 5.75 Å². The second-order valence-corrected chi connectivity index (χ2v) is 5.90. The van der Waals surface area contributed by atoms with Crippen molar-refractivity contribution in [2.75, 3.05) is 13.1 Å². The first kappa shape index (κ1) is 14.4. The summed E-state index contributed by atoms with van der Waals surface area (Å²) in [5.74, 6) is -0.456. The molecule has 0 saturated carbocycles. The fourth-order valence-electron chi connectivity index (χ4n) is 2.20. The number of ether oxygens (including phenoxy) is 1. The van der Waals surface area contributed by atoms with Gasteiger partial charge in [0, 0.05) is 12.1 Å². The van der Waals surface area contributed by atoms with E-state index >= 15 is 0 Å². The molecule has 108 valence electrons. The van der Waals surface area contributed by atoms with Crippen LogP contribution in [0.3, 0.4) is 0 Å². The van der Waals surface area contributed by atoms with E-state index in [-0.39, 0.29) is 18.2 Å². The number of amides is 1. The third-order valence-corrected chi connectivity index (χ3v) is 3.00. The molecule has 0 unspecified atom stereocenters. The molecular formula is C15H19NO4. The minimum Gasteiger partial charge on any atom is -0.508 e. The normalized spacial score (nSPS) is 14.9. The number of hydrogen-bond donors (Lipinski definition) is 1. The van der Waals surface area contributed by atoms with E-state index in [1.807, 2.05) is 0 Å². The van der Waals surface area contributed by atoms with E-state index in [1.165, 1.54) is 11.0 Å². The van der Waals surface area contributed by atoms with Crippen LogP contribution in [0.5, 0.6) is 5.75 Å². The summed E-state index contributed by atoms with van der Waals surface area (Å²) in [5, 5.41) is 9.41. The first-order valence-electron chi connectivity index (χ1n) is 6.59. The SMILES string of the molecule is CC(C)(C)OC(=O)CN1CCc2cc(O)ccc2C1=O. The van der Waals surface area contributed by atoms with Crippen molar-refractivity contribution in [1.82, 2.24) is 4.90 Å². The molecule has 1 aliphatic rings. The molecule has 0 atom stereocenters. The summed E-state index contributed by atoms with van der Waals surface area (Å²) in [6.45, 7) is 5.79. The number of aromatic hydroxyl groups is 1. The van der Waals surface area contributed by atoms with Crippen molar-refractivity contribution in [1.29, 1.82) is 0 Å². The zero-order chi connectivity index (χ0) is 14.9. The lowest BCUT2D eigenvalue weighted by Crippen LogP contribution is -2.42. The van der Waals surface area contributed by atoms with E-state index in [0.29, 0.717) is 18.5 Å². The zero-order valence-electron chi connectivity index (χ0n) is 12.0. The van der Waals surface area contributed by atoms with Gasteiger partial charge in [0.1, 0.15) is 17.9 Å². The molecule has 0 radical (unpaired) electrons. The molecule has 1 aliphatic heterocycles. The summed E-state index contributed by atoms with van der Waals surface area (Å²) >= 11 is 0. The van der Waals surface area contributed by atoms with Gasteiger partial charge < -0.3 is 14.7 Å². The second kappa shape index (κ2) is 5.15. The van der Waals surface area contributed by atoms with Crippen molar-refractivity contribution < 1.29 is 19.4 Å². The Labute approximate surface area is 118 Å². The Morgan fingerprint density at radius 2 is 2.10 bits per heavy atom. The zero-order valence-corrected chi connectivity index (χ0v) is 12.0. The van der Waals surface area contributed by atoms with E-state index in [2.05, 4.69) is 0 Å². The Hall–Kier alpha value is -2.04. The number of fused-ring (bicyclic) bond motifs is 1. The highest BCUT2D eigenvalue weighted by molar-refractivity contribution is 5.98. The van der Waals surface area contributed by atoms with E-state index in [0.717, 1.165) is 5.56 Å². The fourth-order valence-corrected chi connectivity index (χ4v) is 2.20. The van der Waals surface area contributed by atoms with Crippen molar-refractivity contribution in [2.45, 2.75) is 32.8 Å². The molecule has 0 bridgehead atoms. The first-order chi connectivity index (χ1) is 9.26. The van der Waals surface area contributed by atoms with E-state index in [4.69, 9.17) is 4.74 Å². The van der Waals surface area contributed by atoms with Crippen molar-refractivity contribution in [2.24, 2.45) is 0 Å². The maximum Gasteiger partial charge on any atom is 0.326 e. The predicted molar refractivity (Wildman–Crippen MR) is 73.6 cm³/mol. The molecule has 1 aromatic carbocycles. The molecule has 0 fully saturated rings. The van der Waals surface area contributed by atoms with Crippen LogP contribution in [0.2, 0.25) is 0 Å². The molecule has 0 spiro atoms. The molecule has 0 aliphatic carbocycles. The molecule has 20 heavy (non-hydrogen) atoms. The summed E-state index contributed by atoms with van der Waals surface area (Å²) < 4.78 is 5.22.